The number of imidazole rings is 1. The Balaban J connectivity index is 1.67. The molecule has 0 aliphatic rings. The zero-order valence-corrected chi connectivity index (χ0v) is 14.5. The minimum atomic E-state index is 0.343. The molecular formula is C15H27N5O5. The van der Waals surface area contributed by atoms with E-state index in [1.807, 2.05) is 10.8 Å². The first kappa shape index (κ1) is 21.4. The molecule has 0 unspecified atom stereocenters. The molecule has 1 rings (SSSR count). The summed E-state index contributed by atoms with van der Waals surface area (Å²) in [4.78, 5) is 6.59. The van der Waals surface area contributed by atoms with Crippen LogP contribution in [0, 0.1) is 0 Å². The van der Waals surface area contributed by atoms with Gasteiger partial charge in [0.05, 0.1) is 72.4 Å². The number of rotatable bonds is 18. The topological polar surface area (TPSA) is 113 Å². The molecule has 0 aromatic carbocycles. The molecule has 1 aromatic heterocycles. The molecule has 0 amide bonds. The Morgan fingerprint density at radius 1 is 0.800 bits per heavy atom. The molecular weight excluding hydrogens is 330 g/mol. The predicted octanol–water partition coefficient (Wildman–Crippen LogP) is 1.28. The Bertz CT molecular complexity index is 440. The van der Waals surface area contributed by atoms with E-state index >= 15 is 0 Å². The highest BCUT2D eigenvalue weighted by atomic mass is 16.6. The Morgan fingerprint density at radius 3 is 1.80 bits per heavy atom. The molecule has 0 atom stereocenters. The zero-order chi connectivity index (χ0) is 17.8. The summed E-state index contributed by atoms with van der Waals surface area (Å²) in [5.41, 5.74) is 8.07. The molecule has 142 valence electrons. The van der Waals surface area contributed by atoms with E-state index in [4.69, 9.17) is 29.2 Å². The fourth-order valence-electron chi connectivity index (χ4n) is 1.72. The van der Waals surface area contributed by atoms with Crippen LogP contribution in [0.5, 0.6) is 0 Å². The van der Waals surface area contributed by atoms with Crippen molar-refractivity contribution in [1.82, 2.24) is 9.55 Å². The van der Waals surface area contributed by atoms with Gasteiger partial charge in [-0.2, -0.15) is 0 Å². The lowest BCUT2D eigenvalue weighted by Gasteiger charge is -2.08. The first-order chi connectivity index (χ1) is 12.4. The second-order valence-corrected chi connectivity index (χ2v) is 4.82. The van der Waals surface area contributed by atoms with Crippen LogP contribution in [0.3, 0.4) is 0 Å². The van der Waals surface area contributed by atoms with Crippen molar-refractivity contribution >= 4 is 0 Å². The van der Waals surface area contributed by atoms with Gasteiger partial charge in [-0.05, 0) is 5.53 Å². The van der Waals surface area contributed by atoms with Crippen molar-refractivity contribution in [1.29, 1.82) is 0 Å². The van der Waals surface area contributed by atoms with Crippen LogP contribution < -0.4 is 0 Å². The second kappa shape index (κ2) is 17.2. The third kappa shape index (κ3) is 14.4. The molecule has 0 aliphatic carbocycles. The molecule has 1 heterocycles. The van der Waals surface area contributed by atoms with Gasteiger partial charge in [0.25, 0.3) is 0 Å². The van der Waals surface area contributed by atoms with Crippen molar-refractivity contribution in [2.75, 3.05) is 72.6 Å². The second-order valence-electron chi connectivity index (χ2n) is 4.82. The van der Waals surface area contributed by atoms with Gasteiger partial charge in [0.2, 0.25) is 0 Å². The fraction of sp³-hybridized carbons (Fsp3) is 0.800. The molecule has 0 spiro atoms. The lowest BCUT2D eigenvalue weighted by atomic mass is 10.6. The molecule has 0 saturated carbocycles. The minimum Gasteiger partial charge on any atom is -0.379 e. The van der Waals surface area contributed by atoms with Crippen molar-refractivity contribution in [2.24, 2.45) is 5.11 Å². The average Bonchev–Trinajstić information content (AvgIpc) is 3.14. The SMILES string of the molecule is [N-]=[N+]=NCCOCCOCCOCCOCCOCCn1ccnc1. The zero-order valence-electron chi connectivity index (χ0n) is 14.5. The standard InChI is InChI=1S/C15H27N5O5/c16-19-18-2-5-21-7-9-23-11-13-25-14-12-24-10-8-22-6-4-20-3-1-17-15-20/h1,3,15H,2,4-14H2. The number of aromatic nitrogens is 2. The van der Waals surface area contributed by atoms with Crippen LogP contribution in [0.25, 0.3) is 10.4 Å². The van der Waals surface area contributed by atoms with Crippen molar-refractivity contribution in [3.8, 4) is 0 Å². The molecule has 25 heavy (non-hydrogen) atoms. The third-order valence-electron chi connectivity index (χ3n) is 2.94. The third-order valence-corrected chi connectivity index (χ3v) is 2.94. The maximum Gasteiger partial charge on any atom is 0.0946 e. The van der Waals surface area contributed by atoms with E-state index < -0.39 is 0 Å². The Kier molecular flexibility index (Phi) is 14.7. The Hall–Kier alpha value is -1.68. The van der Waals surface area contributed by atoms with Crippen LogP contribution in [-0.2, 0) is 30.2 Å². The molecule has 0 fully saturated rings. The van der Waals surface area contributed by atoms with Crippen molar-refractivity contribution in [2.45, 2.75) is 6.54 Å². The molecule has 1 aromatic rings. The number of nitrogens with zero attached hydrogens (tertiary/aromatic N) is 5. The van der Waals surface area contributed by atoms with E-state index in [1.54, 1.807) is 12.5 Å². The Labute approximate surface area is 147 Å². The molecule has 0 N–H and O–H groups in total. The van der Waals surface area contributed by atoms with Crippen LogP contribution in [0.2, 0.25) is 0 Å². The van der Waals surface area contributed by atoms with Gasteiger partial charge in [0.1, 0.15) is 0 Å². The van der Waals surface area contributed by atoms with Gasteiger partial charge in [-0.3, -0.25) is 0 Å². The highest BCUT2D eigenvalue weighted by Crippen LogP contribution is 1.87. The van der Waals surface area contributed by atoms with Crippen molar-refractivity contribution < 1.29 is 23.7 Å². The number of hydrogen-bond donors (Lipinski definition) is 0. The number of ether oxygens (including phenoxy) is 5. The minimum absolute atomic E-state index is 0.343. The lowest BCUT2D eigenvalue weighted by molar-refractivity contribution is -0.0109. The highest BCUT2D eigenvalue weighted by molar-refractivity contribution is 4.73. The summed E-state index contributed by atoms with van der Waals surface area (Å²) in [6.07, 6.45) is 5.41. The van der Waals surface area contributed by atoms with Gasteiger partial charge in [-0.15, -0.1) is 0 Å². The van der Waals surface area contributed by atoms with E-state index in [2.05, 4.69) is 15.0 Å². The van der Waals surface area contributed by atoms with Gasteiger partial charge in [-0.1, -0.05) is 5.11 Å². The van der Waals surface area contributed by atoms with Gasteiger partial charge in [-0.25, -0.2) is 4.98 Å². The van der Waals surface area contributed by atoms with Crippen LogP contribution in [0.4, 0.5) is 0 Å². The quantitative estimate of drug-likeness (QED) is 0.169. The summed E-state index contributed by atoms with van der Waals surface area (Å²) in [6, 6.07) is 0. The Morgan fingerprint density at radius 2 is 1.32 bits per heavy atom. The maximum atomic E-state index is 8.07. The normalized spacial score (nSPS) is 10.7. The van der Waals surface area contributed by atoms with Crippen LogP contribution in [0.1, 0.15) is 0 Å². The summed E-state index contributed by atoms with van der Waals surface area (Å²) in [5, 5.41) is 3.36. The smallest absolute Gasteiger partial charge is 0.0946 e. The van der Waals surface area contributed by atoms with Crippen LogP contribution in [-0.4, -0.2) is 82.2 Å². The molecule has 0 bridgehead atoms. The van der Waals surface area contributed by atoms with Crippen LogP contribution in [0.15, 0.2) is 23.8 Å². The van der Waals surface area contributed by atoms with E-state index in [1.165, 1.54) is 0 Å². The van der Waals surface area contributed by atoms with E-state index in [0.717, 1.165) is 6.54 Å². The molecule has 0 aliphatic heterocycles. The fourth-order valence-corrected chi connectivity index (χ4v) is 1.72. The molecule has 0 radical (unpaired) electrons. The van der Waals surface area contributed by atoms with E-state index in [-0.39, 0.29) is 0 Å². The monoisotopic (exact) mass is 357 g/mol. The van der Waals surface area contributed by atoms with Crippen LogP contribution >= 0.6 is 0 Å². The van der Waals surface area contributed by atoms with Gasteiger partial charge in [0, 0.05) is 30.4 Å². The molecule has 10 nitrogen and oxygen atoms in total. The average molecular weight is 357 g/mol. The molecule has 0 saturated heterocycles. The van der Waals surface area contributed by atoms with Crippen molar-refractivity contribution in [3.05, 3.63) is 29.2 Å². The van der Waals surface area contributed by atoms with Gasteiger partial charge in [0.15, 0.2) is 0 Å². The number of azide groups is 1. The van der Waals surface area contributed by atoms with E-state index in [0.29, 0.717) is 72.6 Å². The highest BCUT2D eigenvalue weighted by Gasteiger charge is 1.94. The number of hydrogen-bond acceptors (Lipinski definition) is 7. The first-order valence-electron chi connectivity index (χ1n) is 8.29. The molecule has 10 heteroatoms. The van der Waals surface area contributed by atoms with Gasteiger partial charge >= 0.3 is 0 Å². The van der Waals surface area contributed by atoms with Gasteiger partial charge < -0.3 is 28.3 Å². The maximum absolute atomic E-state index is 8.07. The lowest BCUT2D eigenvalue weighted by Crippen LogP contribution is -2.14. The summed E-state index contributed by atoms with van der Waals surface area (Å²) in [6.45, 7) is 6.37. The summed E-state index contributed by atoms with van der Waals surface area (Å²) in [7, 11) is 0. The largest absolute Gasteiger partial charge is 0.379 e. The summed E-state index contributed by atoms with van der Waals surface area (Å²) < 4.78 is 28.7. The van der Waals surface area contributed by atoms with Crippen molar-refractivity contribution in [3.63, 3.8) is 0 Å². The van der Waals surface area contributed by atoms with E-state index in [9.17, 15) is 0 Å². The summed E-state index contributed by atoms with van der Waals surface area (Å²) in [5.74, 6) is 0. The summed E-state index contributed by atoms with van der Waals surface area (Å²) >= 11 is 0. The first-order valence-corrected chi connectivity index (χ1v) is 8.29. The predicted molar refractivity (Wildman–Crippen MR) is 90.3 cm³/mol.